The number of esters is 1. The lowest BCUT2D eigenvalue weighted by atomic mass is 10.2. The largest absolute Gasteiger partial charge is 0.465 e. The van der Waals surface area contributed by atoms with Crippen molar-refractivity contribution < 1.29 is 14.3 Å². The smallest absolute Gasteiger partial charge is 0.337 e. The van der Waals surface area contributed by atoms with Crippen LogP contribution in [-0.4, -0.2) is 28.8 Å². The third-order valence-corrected chi connectivity index (χ3v) is 3.05. The van der Waals surface area contributed by atoms with Gasteiger partial charge in [-0.3, -0.25) is 9.48 Å². The van der Waals surface area contributed by atoms with Crippen molar-refractivity contribution in [1.29, 1.82) is 0 Å². The maximum Gasteiger partial charge on any atom is 0.337 e. The van der Waals surface area contributed by atoms with E-state index in [2.05, 4.69) is 15.2 Å². The number of aromatic nitrogens is 2. The molecule has 1 atom stereocenters. The predicted octanol–water partition coefficient (Wildman–Crippen LogP) is 2.26. The standard InChI is InChI=1S/C15H17N3O3/c1-11(18-9-3-8-16-18)10-14(19)17-13-6-4-12(5-7-13)15(20)21-2/h3-9,11H,10H2,1-2H3,(H,17,19)/t11-/m1/s1. The Kier molecular flexibility index (Phi) is 4.71. The number of rotatable bonds is 5. The molecule has 1 heterocycles. The summed E-state index contributed by atoms with van der Waals surface area (Å²) in [7, 11) is 1.33. The van der Waals surface area contributed by atoms with E-state index in [4.69, 9.17) is 0 Å². The van der Waals surface area contributed by atoms with Crippen molar-refractivity contribution in [2.45, 2.75) is 19.4 Å². The lowest BCUT2D eigenvalue weighted by molar-refractivity contribution is -0.116. The minimum Gasteiger partial charge on any atom is -0.465 e. The molecule has 0 aliphatic heterocycles. The van der Waals surface area contributed by atoms with Crippen LogP contribution in [0.15, 0.2) is 42.7 Å². The second kappa shape index (κ2) is 6.69. The molecule has 0 unspecified atom stereocenters. The van der Waals surface area contributed by atoms with Gasteiger partial charge in [-0.1, -0.05) is 0 Å². The highest BCUT2D eigenvalue weighted by Crippen LogP contribution is 2.13. The van der Waals surface area contributed by atoms with Gasteiger partial charge in [-0.05, 0) is 37.3 Å². The number of benzene rings is 1. The first-order valence-corrected chi connectivity index (χ1v) is 6.57. The number of nitrogens with one attached hydrogen (secondary N) is 1. The number of nitrogens with zero attached hydrogens (tertiary/aromatic N) is 2. The second-order valence-electron chi connectivity index (χ2n) is 4.66. The van der Waals surface area contributed by atoms with Gasteiger partial charge in [0.2, 0.25) is 5.91 Å². The van der Waals surface area contributed by atoms with E-state index in [0.29, 0.717) is 17.7 Å². The van der Waals surface area contributed by atoms with E-state index in [9.17, 15) is 9.59 Å². The number of ether oxygens (including phenoxy) is 1. The molecule has 0 bridgehead atoms. The minimum atomic E-state index is -0.403. The number of carbonyl (C=O) groups is 2. The zero-order chi connectivity index (χ0) is 15.2. The van der Waals surface area contributed by atoms with Crippen LogP contribution >= 0.6 is 0 Å². The molecule has 0 saturated carbocycles. The summed E-state index contributed by atoms with van der Waals surface area (Å²) in [5.41, 5.74) is 1.08. The fraction of sp³-hybridized carbons (Fsp3) is 0.267. The molecule has 6 heteroatoms. The number of anilines is 1. The molecular weight excluding hydrogens is 270 g/mol. The maximum atomic E-state index is 11.9. The Balaban J connectivity index is 1.92. The Morgan fingerprint density at radius 3 is 2.62 bits per heavy atom. The van der Waals surface area contributed by atoms with E-state index >= 15 is 0 Å². The van der Waals surface area contributed by atoms with E-state index in [1.54, 1.807) is 35.1 Å². The Morgan fingerprint density at radius 2 is 2.05 bits per heavy atom. The molecule has 1 aromatic carbocycles. The first-order chi connectivity index (χ1) is 10.1. The normalized spacial score (nSPS) is 11.7. The highest BCUT2D eigenvalue weighted by Gasteiger charge is 2.11. The van der Waals surface area contributed by atoms with Gasteiger partial charge in [0, 0.05) is 24.5 Å². The van der Waals surface area contributed by atoms with E-state index in [0.717, 1.165) is 0 Å². The number of hydrogen-bond donors (Lipinski definition) is 1. The van der Waals surface area contributed by atoms with Crippen molar-refractivity contribution in [2.24, 2.45) is 0 Å². The van der Waals surface area contributed by atoms with Crippen LogP contribution in [0.4, 0.5) is 5.69 Å². The van der Waals surface area contributed by atoms with Gasteiger partial charge in [0.05, 0.1) is 18.7 Å². The van der Waals surface area contributed by atoms with Crippen molar-refractivity contribution in [2.75, 3.05) is 12.4 Å². The molecule has 0 radical (unpaired) electrons. The SMILES string of the molecule is COC(=O)c1ccc(NC(=O)C[C@@H](C)n2cccn2)cc1. The van der Waals surface area contributed by atoms with Crippen LogP contribution in [0.1, 0.15) is 29.7 Å². The molecule has 1 aromatic heterocycles. The summed E-state index contributed by atoms with van der Waals surface area (Å²) in [5.74, 6) is -0.510. The first kappa shape index (κ1) is 14.8. The topological polar surface area (TPSA) is 73.2 Å². The first-order valence-electron chi connectivity index (χ1n) is 6.57. The summed E-state index contributed by atoms with van der Waals surface area (Å²) < 4.78 is 6.35. The highest BCUT2D eigenvalue weighted by molar-refractivity contribution is 5.93. The fourth-order valence-corrected chi connectivity index (χ4v) is 1.92. The number of carbonyl (C=O) groups excluding carboxylic acids is 2. The van der Waals surface area contributed by atoms with E-state index in [-0.39, 0.29) is 11.9 Å². The second-order valence-corrected chi connectivity index (χ2v) is 4.66. The van der Waals surface area contributed by atoms with Gasteiger partial charge in [0.25, 0.3) is 0 Å². The molecule has 6 nitrogen and oxygen atoms in total. The summed E-state index contributed by atoms with van der Waals surface area (Å²) in [4.78, 5) is 23.3. The molecular formula is C15H17N3O3. The number of hydrogen-bond acceptors (Lipinski definition) is 4. The zero-order valence-electron chi connectivity index (χ0n) is 11.9. The van der Waals surface area contributed by atoms with Crippen molar-refractivity contribution in [3.05, 3.63) is 48.3 Å². The summed E-state index contributed by atoms with van der Waals surface area (Å²) >= 11 is 0. The Hall–Kier alpha value is -2.63. The molecule has 21 heavy (non-hydrogen) atoms. The van der Waals surface area contributed by atoms with Gasteiger partial charge in [0.15, 0.2) is 0 Å². The monoisotopic (exact) mass is 287 g/mol. The minimum absolute atomic E-state index is 0.0191. The molecule has 1 amide bonds. The van der Waals surface area contributed by atoms with E-state index in [1.165, 1.54) is 7.11 Å². The third-order valence-electron chi connectivity index (χ3n) is 3.05. The molecule has 1 N–H and O–H groups in total. The van der Waals surface area contributed by atoms with Crippen LogP contribution in [0.2, 0.25) is 0 Å². The Labute approximate surface area is 122 Å². The molecule has 2 rings (SSSR count). The average Bonchev–Trinajstić information content (AvgIpc) is 3.01. The molecule has 110 valence electrons. The molecule has 0 spiro atoms. The number of amides is 1. The summed E-state index contributed by atoms with van der Waals surface area (Å²) in [6, 6.07) is 8.36. The average molecular weight is 287 g/mol. The van der Waals surface area contributed by atoms with E-state index in [1.807, 2.05) is 19.2 Å². The van der Waals surface area contributed by atoms with Crippen LogP contribution in [0, 0.1) is 0 Å². The van der Waals surface area contributed by atoms with Gasteiger partial charge in [-0.2, -0.15) is 5.10 Å². The van der Waals surface area contributed by atoms with Gasteiger partial charge in [-0.15, -0.1) is 0 Å². The lowest BCUT2D eigenvalue weighted by Crippen LogP contribution is -2.17. The predicted molar refractivity (Wildman–Crippen MR) is 78.0 cm³/mol. The highest BCUT2D eigenvalue weighted by atomic mass is 16.5. The van der Waals surface area contributed by atoms with Crippen LogP contribution < -0.4 is 5.32 Å². The molecule has 0 fully saturated rings. The quantitative estimate of drug-likeness (QED) is 0.856. The van der Waals surface area contributed by atoms with Crippen molar-refractivity contribution in [3.63, 3.8) is 0 Å². The van der Waals surface area contributed by atoms with Crippen molar-refractivity contribution >= 4 is 17.6 Å². The molecule has 0 aliphatic carbocycles. The van der Waals surface area contributed by atoms with Crippen molar-refractivity contribution in [3.8, 4) is 0 Å². The van der Waals surface area contributed by atoms with Crippen LogP contribution in [0.3, 0.4) is 0 Å². The van der Waals surface area contributed by atoms with Gasteiger partial charge in [-0.25, -0.2) is 4.79 Å². The van der Waals surface area contributed by atoms with Crippen molar-refractivity contribution in [1.82, 2.24) is 9.78 Å². The maximum absolute atomic E-state index is 11.9. The zero-order valence-corrected chi connectivity index (χ0v) is 11.9. The summed E-state index contributed by atoms with van der Waals surface area (Å²) in [5, 5.41) is 6.89. The number of methoxy groups -OCH3 is 1. The Morgan fingerprint density at radius 1 is 1.33 bits per heavy atom. The van der Waals surface area contributed by atoms with Crippen LogP contribution in [0.5, 0.6) is 0 Å². The summed E-state index contributed by atoms with van der Waals surface area (Å²) in [6.07, 6.45) is 3.82. The van der Waals surface area contributed by atoms with Gasteiger partial charge in [0.1, 0.15) is 0 Å². The van der Waals surface area contributed by atoms with Gasteiger partial charge >= 0.3 is 5.97 Å². The summed E-state index contributed by atoms with van der Waals surface area (Å²) in [6.45, 7) is 1.92. The fourth-order valence-electron chi connectivity index (χ4n) is 1.92. The van der Waals surface area contributed by atoms with Crippen LogP contribution in [-0.2, 0) is 9.53 Å². The van der Waals surface area contributed by atoms with Gasteiger partial charge < -0.3 is 10.1 Å². The lowest BCUT2D eigenvalue weighted by Gasteiger charge is -2.12. The van der Waals surface area contributed by atoms with E-state index < -0.39 is 5.97 Å². The molecule has 2 aromatic rings. The van der Waals surface area contributed by atoms with Crippen LogP contribution in [0.25, 0.3) is 0 Å². The third kappa shape index (κ3) is 3.92. The molecule has 0 saturated heterocycles. The molecule has 0 aliphatic rings. The Bertz CT molecular complexity index is 606.